The first-order valence-corrected chi connectivity index (χ1v) is 8.39. The summed E-state index contributed by atoms with van der Waals surface area (Å²) in [6.45, 7) is 1.79. The zero-order chi connectivity index (χ0) is 18.8. The molecular formula is C19H16ClFN2O3. The number of fused-ring (bicyclic) bond motifs is 1. The Morgan fingerprint density at radius 3 is 2.77 bits per heavy atom. The van der Waals surface area contributed by atoms with E-state index >= 15 is 0 Å². The topological polar surface area (TPSA) is 72.0 Å². The van der Waals surface area contributed by atoms with Crippen LogP contribution in [0.4, 0.5) is 4.39 Å². The first-order valence-electron chi connectivity index (χ1n) is 8.01. The third-order valence-electron chi connectivity index (χ3n) is 4.21. The number of aromatic nitrogens is 2. The van der Waals surface area contributed by atoms with Crippen LogP contribution in [0.5, 0.6) is 0 Å². The fraction of sp³-hybridized carbons (Fsp3) is 0.211. The number of hydrogen-bond donors (Lipinski definition) is 1. The van der Waals surface area contributed by atoms with Gasteiger partial charge in [0.05, 0.1) is 19.2 Å². The predicted octanol–water partition coefficient (Wildman–Crippen LogP) is 3.86. The molecule has 0 bridgehead atoms. The summed E-state index contributed by atoms with van der Waals surface area (Å²) >= 11 is 6.04. The van der Waals surface area contributed by atoms with Crippen LogP contribution in [0.1, 0.15) is 34.2 Å². The molecule has 3 aromatic rings. The average molecular weight is 375 g/mol. The number of aromatic amines is 1. The molecule has 1 aromatic carbocycles. The number of halogens is 2. The van der Waals surface area contributed by atoms with Crippen LogP contribution in [0.3, 0.4) is 0 Å². The minimum absolute atomic E-state index is 0.104. The Morgan fingerprint density at radius 1 is 1.31 bits per heavy atom. The van der Waals surface area contributed by atoms with Gasteiger partial charge in [-0.15, -0.1) is 0 Å². The molecule has 0 amide bonds. The fourth-order valence-corrected chi connectivity index (χ4v) is 3.02. The highest BCUT2D eigenvalue weighted by Crippen LogP contribution is 2.28. The number of aryl methyl sites for hydroxylation is 1. The largest absolute Gasteiger partial charge is 0.469 e. The molecule has 26 heavy (non-hydrogen) atoms. The number of hydrogen-bond acceptors (Lipinski definition) is 4. The molecule has 0 saturated heterocycles. The first-order chi connectivity index (χ1) is 12.5. The van der Waals surface area contributed by atoms with Gasteiger partial charge in [0.2, 0.25) is 5.78 Å². The van der Waals surface area contributed by atoms with Crippen LogP contribution in [0.25, 0.3) is 10.9 Å². The van der Waals surface area contributed by atoms with Gasteiger partial charge in [0, 0.05) is 27.7 Å². The highest BCUT2D eigenvalue weighted by atomic mass is 35.5. The molecule has 0 atom stereocenters. The van der Waals surface area contributed by atoms with E-state index in [-0.39, 0.29) is 17.8 Å². The Balaban J connectivity index is 2.19. The number of carbonyl (C=O) groups excluding carboxylic acids is 2. The zero-order valence-electron chi connectivity index (χ0n) is 14.2. The Kier molecular flexibility index (Phi) is 5.04. The van der Waals surface area contributed by atoms with Gasteiger partial charge < -0.3 is 9.72 Å². The van der Waals surface area contributed by atoms with E-state index in [1.165, 1.54) is 19.4 Å². The molecule has 0 spiro atoms. The monoisotopic (exact) mass is 374 g/mol. The van der Waals surface area contributed by atoms with Crippen LogP contribution < -0.4 is 0 Å². The SMILES string of the molecule is CCc1ccnc(C(=O)c2[nH]c3ccc(Cl)cc3c2CC(=O)OC)c1F. The Bertz CT molecular complexity index is 1010. The summed E-state index contributed by atoms with van der Waals surface area (Å²) in [7, 11) is 1.26. The molecule has 0 aliphatic rings. The summed E-state index contributed by atoms with van der Waals surface area (Å²) in [4.78, 5) is 31.6. The van der Waals surface area contributed by atoms with Crippen LogP contribution in [0.2, 0.25) is 5.02 Å². The number of H-pyrrole nitrogens is 1. The number of nitrogens with zero attached hydrogens (tertiary/aromatic N) is 1. The molecule has 2 heterocycles. The first kappa shape index (κ1) is 18.1. The molecular weight excluding hydrogens is 359 g/mol. The van der Waals surface area contributed by atoms with Gasteiger partial charge in [0.1, 0.15) is 5.69 Å². The molecule has 0 unspecified atom stereocenters. The quantitative estimate of drug-likeness (QED) is 0.543. The number of ether oxygens (including phenoxy) is 1. The van der Waals surface area contributed by atoms with Gasteiger partial charge in [-0.25, -0.2) is 9.37 Å². The minimum Gasteiger partial charge on any atom is -0.469 e. The summed E-state index contributed by atoms with van der Waals surface area (Å²) in [5.74, 6) is -1.79. The van der Waals surface area contributed by atoms with Crippen molar-refractivity contribution in [2.75, 3.05) is 7.11 Å². The molecule has 1 N–H and O–H groups in total. The van der Waals surface area contributed by atoms with Crippen LogP contribution in [-0.2, 0) is 22.4 Å². The Hall–Kier alpha value is -2.73. The van der Waals surface area contributed by atoms with Crippen molar-refractivity contribution in [1.29, 1.82) is 0 Å². The standard InChI is InChI=1S/C19H16ClFN2O3/c1-3-10-6-7-22-18(16(10)21)19(25)17-13(9-15(24)26-2)12-8-11(20)4-5-14(12)23-17/h4-8,23H,3,9H2,1-2H3. The number of esters is 1. The fourth-order valence-electron chi connectivity index (χ4n) is 2.85. The number of carbonyl (C=O) groups is 2. The molecule has 0 aliphatic carbocycles. The number of rotatable bonds is 5. The molecule has 2 aromatic heterocycles. The highest BCUT2D eigenvalue weighted by Gasteiger charge is 2.25. The smallest absolute Gasteiger partial charge is 0.310 e. The number of ketones is 1. The number of benzene rings is 1. The van der Waals surface area contributed by atoms with E-state index in [1.807, 2.05) is 0 Å². The van der Waals surface area contributed by atoms with E-state index in [0.717, 1.165) is 0 Å². The van der Waals surface area contributed by atoms with Crippen molar-refractivity contribution in [2.24, 2.45) is 0 Å². The van der Waals surface area contributed by atoms with Crippen molar-refractivity contribution in [1.82, 2.24) is 9.97 Å². The normalized spacial score (nSPS) is 10.9. The van der Waals surface area contributed by atoms with Gasteiger partial charge >= 0.3 is 5.97 Å². The van der Waals surface area contributed by atoms with Crippen molar-refractivity contribution in [3.63, 3.8) is 0 Å². The van der Waals surface area contributed by atoms with Gasteiger partial charge in [0.15, 0.2) is 5.82 Å². The van der Waals surface area contributed by atoms with Crippen LogP contribution in [0, 0.1) is 5.82 Å². The summed E-state index contributed by atoms with van der Waals surface area (Å²) in [6.07, 6.45) is 1.69. The maximum Gasteiger partial charge on any atom is 0.310 e. The molecule has 3 rings (SSSR count). The van der Waals surface area contributed by atoms with Crippen molar-refractivity contribution < 1.29 is 18.7 Å². The lowest BCUT2D eigenvalue weighted by atomic mass is 10.0. The maximum atomic E-state index is 14.6. The van der Waals surface area contributed by atoms with Crippen LogP contribution >= 0.6 is 11.6 Å². The molecule has 0 aliphatic heterocycles. The van der Waals surface area contributed by atoms with Crippen molar-refractivity contribution >= 4 is 34.3 Å². The second-order valence-electron chi connectivity index (χ2n) is 5.74. The third kappa shape index (κ3) is 3.20. The third-order valence-corrected chi connectivity index (χ3v) is 4.44. The lowest BCUT2D eigenvalue weighted by molar-refractivity contribution is -0.139. The van der Waals surface area contributed by atoms with E-state index in [9.17, 15) is 14.0 Å². The molecule has 0 radical (unpaired) electrons. The lowest BCUT2D eigenvalue weighted by Gasteiger charge is -2.06. The van der Waals surface area contributed by atoms with Crippen LogP contribution in [-0.4, -0.2) is 28.8 Å². The number of pyridine rings is 1. The minimum atomic E-state index is -0.652. The number of nitrogens with one attached hydrogen (secondary N) is 1. The maximum absolute atomic E-state index is 14.6. The van der Waals surface area contributed by atoms with E-state index in [2.05, 4.69) is 9.97 Å². The molecule has 7 heteroatoms. The Morgan fingerprint density at radius 2 is 2.08 bits per heavy atom. The summed E-state index contributed by atoms with van der Waals surface area (Å²) in [6, 6.07) is 6.54. The second kappa shape index (κ2) is 7.25. The molecule has 0 saturated carbocycles. The van der Waals surface area contributed by atoms with Gasteiger partial charge in [-0.05, 0) is 36.2 Å². The van der Waals surface area contributed by atoms with E-state index in [0.29, 0.717) is 33.5 Å². The van der Waals surface area contributed by atoms with E-state index in [4.69, 9.17) is 16.3 Å². The van der Waals surface area contributed by atoms with Crippen molar-refractivity contribution in [3.05, 3.63) is 63.8 Å². The highest BCUT2D eigenvalue weighted by molar-refractivity contribution is 6.31. The molecule has 134 valence electrons. The van der Waals surface area contributed by atoms with E-state index in [1.54, 1.807) is 25.1 Å². The van der Waals surface area contributed by atoms with Gasteiger partial charge in [-0.3, -0.25) is 9.59 Å². The zero-order valence-corrected chi connectivity index (χ0v) is 15.0. The van der Waals surface area contributed by atoms with Gasteiger partial charge in [0.25, 0.3) is 0 Å². The van der Waals surface area contributed by atoms with Gasteiger partial charge in [-0.1, -0.05) is 18.5 Å². The predicted molar refractivity (Wildman–Crippen MR) is 96.0 cm³/mol. The molecule has 5 nitrogen and oxygen atoms in total. The molecule has 0 fully saturated rings. The summed E-state index contributed by atoms with van der Waals surface area (Å²) in [5.41, 5.74) is 1.24. The lowest BCUT2D eigenvalue weighted by Crippen LogP contribution is -2.13. The Labute approximate surface area is 154 Å². The van der Waals surface area contributed by atoms with Crippen LogP contribution in [0.15, 0.2) is 30.5 Å². The summed E-state index contributed by atoms with van der Waals surface area (Å²) < 4.78 is 19.3. The van der Waals surface area contributed by atoms with E-state index < -0.39 is 17.6 Å². The summed E-state index contributed by atoms with van der Waals surface area (Å²) in [5, 5.41) is 1.07. The second-order valence-corrected chi connectivity index (χ2v) is 6.17. The van der Waals surface area contributed by atoms with Crippen molar-refractivity contribution in [2.45, 2.75) is 19.8 Å². The average Bonchev–Trinajstić information content (AvgIpc) is 2.99. The number of methoxy groups -OCH3 is 1. The van der Waals surface area contributed by atoms with Crippen molar-refractivity contribution in [3.8, 4) is 0 Å². The van der Waals surface area contributed by atoms with Gasteiger partial charge in [-0.2, -0.15) is 0 Å².